The van der Waals surface area contributed by atoms with Gasteiger partial charge in [0.1, 0.15) is 0 Å². The molecule has 5 nitrogen and oxygen atoms in total. The van der Waals surface area contributed by atoms with Gasteiger partial charge in [-0.15, -0.1) is 0 Å². The Labute approximate surface area is 174 Å². The number of allylic oxidation sites excluding steroid dienone is 1. The van der Waals surface area contributed by atoms with Gasteiger partial charge >= 0.3 is 0 Å². The quantitative estimate of drug-likeness (QED) is 0.734. The fourth-order valence-corrected chi connectivity index (χ4v) is 5.00. The van der Waals surface area contributed by atoms with Crippen molar-refractivity contribution in [1.82, 2.24) is 9.80 Å². The molecule has 1 aromatic carbocycles. The van der Waals surface area contributed by atoms with Gasteiger partial charge in [-0.2, -0.15) is 0 Å². The molecule has 1 aromatic rings. The minimum absolute atomic E-state index is 0.120. The Morgan fingerprint density at radius 1 is 0.931 bits per heavy atom. The molecule has 0 N–H and O–H groups in total. The summed E-state index contributed by atoms with van der Waals surface area (Å²) in [5.41, 5.74) is 3.99. The number of anilines is 1. The normalized spacial score (nSPS) is 22.2. The summed E-state index contributed by atoms with van der Waals surface area (Å²) in [6.07, 6.45) is 7.82. The highest BCUT2D eigenvalue weighted by atomic mass is 16.2. The van der Waals surface area contributed by atoms with Gasteiger partial charge in [0.25, 0.3) is 0 Å². The third kappa shape index (κ3) is 4.65. The lowest BCUT2D eigenvalue weighted by atomic mass is 9.82. The highest BCUT2D eigenvalue weighted by Gasteiger charge is 2.28. The van der Waals surface area contributed by atoms with Crippen molar-refractivity contribution in [2.24, 2.45) is 5.92 Å². The van der Waals surface area contributed by atoms with E-state index in [9.17, 15) is 9.59 Å². The molecule has 0 aromatic heterocycles. The SMILES string of the molecule is Cc1ccccc1N1CCN(C(=O)CCC(=O)N2CCC3CCCC=C3C2)CC1. The van der Waals surface area contributed by atoms with Crippen molar-refractivity contribution < 1.29 is 9.59 Å². The molecule has 2 heterocycles. The summed E-state index contributed by atoms with van der Waals surface area (Å²) < 4.78 is 0. The van der Waals surface area contributed by atoms with E-state index in [0.717, 1.165) is 52.1 Å². The molecule has 2 fully saturated rings. The second kappa shape index (κ2) is 9.02. The number of amides is 2. The third-order valence-corrected chi connectivity index (χ3v) is 6.80. The number of piperidine rings is 1. The van der Waals surface area contributed by atoms with Crippen LogP contribution < -0.4 is 4.90 Å². The topological polar surface area (TPSA) is 43.9 Å². The molecule has 1 atom stereocenters. The average Bonchev–Trinajstić information content (AvgIpc) is 2.77. The highest BCUT2D eigenvalue weighted by Crippen LogP contribution is 2.32. The third-order valence-electron chi connectivity index (χ3n) is 6.80. The van der Waals surface area contributed by atoms with Crippen LogP contribution >= 0.6 is 0 Å². The van der Waals surface area contributed by atoms with Crippen LogP contribution in [0.1, 0.15) is 44.1 Å². The lowest BCUT2D eigenvalue weighted by Gasteiger charge is -2.37. The van der Waals surface area contributed by atoms with Crippen LogP contribution in [0.25, 0.3) is 0 Å². The fraction of sp³-hybridized carbons (Fsp3) is 0.583. The molecule has 3 aliphatic rings. The number of rotatable bonds is 4. The fourth-order valence-electron chi connectivity index (χ4n) is 5.00. The van der Waals surface area contributed by atoms with Gasteiger partial charge in [0.2, 0.25) is 11.8 Å². The number of likely N-dealkylation sites (tertiary alicyclic amines) is 1. The largest absolute Gasteiger partial charge is 0.368 e. The van der Waals surface area contributed by atoms with Crippen LogP contribution in [-0.2, 0) is 9.59 Å². The Bertz CT molecular complexity index is 780. The molecule has 5 heteroatoms. The first-order valence-electron chi connectivity index (χ1n) is 11.2. The number of fused-ring (bicyclic) bond motifs is 1. The second-order valence-electron chi connectivity index (χ2n) is 8.67. The summed E-state index contributed by atoms with van der Waals surface area (Å²) in [5, 5.41) is 0. The predicted molar refractivity (Wildman–Crippen MR) is 116 cm³/mol. The first-order chi connectivity index (χ1) is 14.1. The Balaban J connectivity index is 1.23. The number of hydrogen-bond acceptors (Lipinski definition) is 3. The van der Waals surface area contributed by atoms with Gasteiger partial charge in [-0.3, -0.25) is 9.59 Å². The maximum absolute atomic E-state index is 12.7. The second-order valence-corrected chi connectivity index (χ2v) is 8.67. The number of para-hydroxylation sites is 1. The Morgan fingerprint density at radius 3 is 2.41 bits per heavy atom. The van der Waals surface area contributed by atoms with Crippen LogP contribution in [0.2, 0.25) is 0 Å². The molecule has 29 heavy (non-hydrogen) atoms. The zero-order valence-electron chi connectivity index (χ0n) is 17.6. The van der Waals surface area contributed by atoms with Crippen molar-refractivity contribution in [1.29, 1.82) is 0 Å². The first kappa shape index (κ1) is 20.0. The maximum atomic E-state index is 12.7. The van der Waals surface area contributed by atoms with E-state index in [1.807, 2.05) is 9.80 Å². The number of hydrogen-bond donors (Lipinski definition) is 0. The van der Waals surface area contributed by atoms with Gasteiger partial charge in [0.05, 0.1) is 0 Å². The van der Waals surface area contributed by atoms with E-state index in [1.54, 1.807) is 0 Å². The molecule has 2 saturated heterocycles. The summed E-state index contributed by atoms with van der Waals surface area (Å²) in [6, 6.07) is 8.40. The van der Waals surface area contributed by atoms with Gasteiger partial charge in [0.15, 0.2) is 0 Å². The summed E-state index contributed by atoms with van der Waals surface area (Å²) in [6.45, 7) is 6.94. The number of benzene rings is 1. The highest BCUT2D eigenvalue weighted by molar-refractivity contribution is 5.84. The zero-order chi connectivity index (χ0) is 20.2. The van der Waals surface area contributed by atoms with Crippen LogP contribution in [0.15, 0.2) is 35.9 Å². The average molecular weight is 396 g/mol. The Kier molecular flexibility index (Phi) is 6.22. The van der Waals surface area contributed by atoms with E-state index < -0.39 is 0 Å². The Hall–Kier alpha value is -2.30. The van der Waals surface area contributed by atoms with E-state index in [2.05, 4.69) is 42.2 Å². The van der Waals surface area contributed by atoms with E-state index >= 15 is 0 Å². The minimum atomic E-state index is 0.120. The molecule has 1 aliphatic carbocycles. The lowest BCUT2D eigenvalue weighted by molar-refractivity contribution is -0.137. The van der Waals surface area contributed by atoms with Crippen LogP contribution in [0.4, 0.5) is 5.69 Å². The van der Waals surface area contributed by atoms with Gasteiger partial charge < -0.3 is 14.7 Å². The van der Waals surface area contributed by atoms with Crippen molar-refractivity contribution in [3.8, 4) is 0 Å². The molecule has 1 unspecified atom stereocenters. The van der Waals surface area contributed by atoms with Crippen molar-refractivity contribution in [2.75, 3.05) is 44.2 Å². The minimum Gasteiger partial charge on any atom is -0.368 e. The molecular formula is C24H33N3O2. The van der Waals surface area contributed by atoms with Gasteiger partial charge in [-0.05, 0) is 50.2 Å². The van der Waals surface area contributed by atoms with E-state index in [4.69, 9.17) is 0 Å². The molecule has 0 bridgehead atoms. The van der Waals surface area contributed by atoms with Crippen LogP contribution in [-0.4, -0.2) is 60.9 Å². The number of carbonyl (C=O) groups excluding carboxylic acids is 2. The smallest absolute Gasteiger partial charge is 0.223 e. The maximum Gasteiger partial charge on any atom is 0.223 e. The number of piperazine rings is 1. The lowest BCUT2D eigenvalue weighted by Crippen LogP contribution is -2.49. The molecule has 2 aliphatic heterocycles. The van der Waals surface area contributed by atoms with Crippen LogP contribution in [0, 0.1) is 12.8 Å². The standard InChI is InChI=1S/C24H33N3O2/c1-19-6-2-5-9-22(19)25-14-16-26(17-15-25)23(28)10-11-24(29)27-13-12-20-7-3-4-8-21(20)18-27/h2,5-6,8-9,20H,3-4,7,10-18H2,1H3. The van der Waals surface area contributed by atoms with Gasteiger partial charge in [0, 0.05) is 57.8 Å². The summed E-state index contributed by atoms with van der Waals surface area (Å²) in [5.74, 6) is 0.954. The van der Waals surface area contributed by atoms with Crippen LogP contribution in [0.3, 0.4) is 0 Å². The number of nitrogens with zero attached hydrogens (tertiary/aromatic N) is 3. The predicted octanol–water partition coefficient (Wildman–Crippen LogP) is 3.38. The van der Waals surface area contributed by atoms with E-state index in [-0.39, 0.29) is 11.8 Å². The zero-order valence-corrected chi connectivity index (χ0v) is 17.6. The summed E-state index contributed by atoms with van der Waals surface area (Å²) in [7, 11) is 0. The summed E-state index contributed by atoms with van der Waals surface area (Å²) in [4.78, 5) is 31.6. The van der Waals surface area contributed by atoms with Crippen molar-refractivity contribution in [2.45, 2.75) is 45.4 Å². The van der Waals surface area contributed by atoms with Gasteiger partial charge in [-0.1, -0.05) is 29.8 Å². The monoisotopic (exact) mass is 395 g/mol. The van der Waals surface area contributed by atoms with Crippen molar-refractivity contribution in [3.05, 3.63) is 41.5 Å². The van der Waals surface area contributed by atoms with Crippen molar-refractivity contribution in [3.63, 3.8) is 0 Å². The molecule has 0 saturated carbocycles. The van der Waals surface area contributed by atoms with Crippen molar-refractivity contribution >= 4 is 17.5 Å². The molecule has 0 spiro atoms. The van der Waals surface area contributed by atoms with E-state index in [1.165, 1.54) is 29.7 Å². The summed E-state index contributed by atoms with van der Waals surface area (Å²) >= 11 is 0. The molecule has 4 rings (SSSR count). The molecule has 2 amide bonds. The molecule has 156 valence electrons. The number of carbonyl (C=O) groups is 2. The Morgan fingerprint density at radius 2 is 1.66 bits per heavy atom. The van der Waals surface area contributed by atoms with Crippen LogP contribution in [0.5, 0.6) is 0 Å². The number of aryl methyl sites for hydroxylation is 1. The van der Waals surface area contributed by atoms with E-state index in [0.29, 0.717) is 18.8 Å². The molecular weight excluding hydrogens is 362 g/mol. The molecule has 0 radical (unpaired) electrons. The first-order valence-corrected chi connectivity index (χ1v) is 11.2. The van der Waals surface area contributed by atoms with Gasteiger partial charge in [-0.25, -0.2) is 0 Å².